The van der Waals surface area contributed by atoms with Crippen molar-refractivity contribution in [2.24, 2.45) is 0 Å². The van der Waals surface area contributed by atoms with E-state index < -0.39 is 0 Å². The zero-order chi connectivity index (χ0) is 37.0. The minimum Gasteiger partial charge on any atom is -0.507 e. The van der Waals surface area contributed by atoms with Gasteiger partial charge in [-0.3, -0.25) is 4.98 Å². The quantitative estimate of drug-likeness (QED) is 0.147. The lowest BCUT2D eigenvalue weighted by Gasteiger charge is -2.24. The molecule has 4 nitrogen and oxygen atoms in total. The lowest BCUT2D eigenvalue weighted by atomic mass is 9.38. The number of fused-ring (bicyclic) bond motifs is 12. The summed E-state index contributed by atoms with van der Waals surface area (Å²) in [6.07, 6.45) is 1.89. The molecule has 0 aliphatic carbocycles. The number of nitrogens with zero attached hydrogens (tertiary/aromatic N) is 2. The van der Waals surface area contributed by atoms with Crippen molar-refractivity contribution >= 4 is 55.5 Å². The molecular weight excluding hydrogens is 671 g/mol. The number of aromatic nitrogens is 2. The molecule has 2 aliphatic heterocycles. The number of phenolic OH excluding ortho intramolecular Hbond substituents is 1. The average molecular weight is 707 g/mol. The van der Waals surface area contributed by atoms with E-state index >= 15 is 0 Å². The molecule has 5 heteroatoms. The molecule has 11 rings (SSSR count). The van der Waals surface area contributed by atoms with E-state index in [1.54, 1.807) is 0 Å². The number of benzene rings is 7. The molecule has 0 radical (unpaired) electrons. The molecule has 0 atom stereocenters. The Labute approximate surface area is 319 Å². The molecule has 0 fully saturated rings. The number of ether oxygens (including phenoxy) is 1. The predicted molar refractivity (Wildman–Crippen MR) is 228 cm³/mol. The van der Waals surface area contributed by atoms with E-state index in [1.807, 2.05) is 30.5 Å². The van der Waals surface area contributed by atoms with Gasteiger partial charge in [0.15, 0.2) is 0 Å². The monoisotopic (exact) mass is 706 g/mol. The minimum atomic E-state index is -0.116. The molecule has 0 saturated carbocycles. The van der Waals surface area contributed by atoms with Crippen LogP contribution in [0.25, 0.3) is 77.2 Å². The zero-order valence-corrected chi connectivity index (χ0v) is 30.8. The number of hydrogen-bond acceptors (Lipinski definition) is 4. The number of hydrogen-bond donors (Lipinski definition) is 1. The van der Waals surface area contributed by atoms with E-state index in [0.29, 0.717) is 0 Å². The number of para-hydroxylation sites is 1. The van der Waals surface area contributed by atoms with Gasteiger partial charge in [-0.2, -0.15) is 0 Å². The van der Waals surface area contributed by atoms with Crippen molar-refractivity contribution in [3.05, 3.63) is 157 Å². The number of rotatable bonds is 3. The molecular formula is C50H35BN2O2. The SMILES string of the molecule is CC(C)(C)c1cc(-c2cc(-c3ccccc3)ccn2)cc(-c2ccc3c4ccccc4c4c5c(cc(O)c4c3n2)B2c3ccccc3Oc3cccc-5c32)c1. The molecule has 4 heterocycles. The van der Waals surface area contributed by atoms with Gasteiger partial charge in [-0.15, -0.1) is 0 Å². The summed E-state index contributed by atoms with van der Waals surface area (Å²) in [7, 11) is 0. The highest BCUT2D eigenvalue weighted by atomic mass is 16.5. The van der Waals surface area contributed by atoms with Crippen LogP contribution in [0.4, 0.5) is 0 Å². The Morgan fingerprint density at radius 1 is 0.564 bits per heavy atom. The maximum absolute atomic E-state index is 12.3. The Kier molecular flexibility index (Phi) is 6.73. The van der Waals surface area contributed by atoms with E-state index in [-0.39, 0.29) is 17.9 Å². The van der Waals surface area contributed by atoms with Crippen LogP contribution >= 0.6 is 0 Å². The zero-order valence-electron chi connectivity index (χ0n) is 30.8. The number of aromatic hydroxyl groups is 1. The second kappa shape index (κ2) is 11.6. The first kappa shape index (κ1) is 31.8. The first-order chi connectivity index (χ1) is 26.8. The van der Waals surface area contributed by atoms with Gasteiger partial charge in [-0.25, -0.2) is 4.98 Å². The second-order valence-corrected chi connectivity index (χ2v) is 15.9. The summed E-state index contributed by atoms with van der Waals surface area (Å²) < 4.78 is 6.49. The Bertz CT molecular complexity index is 3070. The van der Waals surface area contributed by atoms with Crippen LogP contribution in [0.3, 0.4) is 0 Å². The van der Waals surface area contributed by atoms with Gasteiger partial charge in [0.1, 0.15) is 17.2 Å². The first-order valence-electron chi connectivity index (χ1n) is 18.9. The van der Waals surface area contributed by atoms with E-state index in [0.717, 1.165) is 105 Å². The fourth-order valence-corrected chi connectivity index (χ4v) is 8.99. The van der Waals surface area contributed by atoms with Crippen LogP contribution in [0.1, 0.15) is 26.3 Å². The van der Waals surface area contributed by atoms with Crippen LogP contribution in [0, 0.1) is 0 Å². The standard InChI is InChI=1S/C50H35BN2O2/c1-50(2,3)33-25-31(24-32(26-33)41-27-30(22-23-52-41)29-12-5-4-6-13-29)40-21-20-36-34-14-7-8-15-35(34)46-45-37-16-11-19-44-48(37)51(38-17-9-10-18-43(38)55-44)39(45)28-42(54)47(46)49(36)53-40/h4-28,54H,1-3H3. The normalized spacial score (nSPS) is 12.8. The second-order valence-electron chi connectivity index (χ2n) is 15.9. The highest BCUT2D eigenvalue weighted by Crippen LogP contribution is 2.46. The first-order valence-corrected chi connectivity index (χ1v) is 18.9. The van der Waals surface area contributed by atoms with Crippen molar-refractivity contribution < 1.29 is 9.84 Å². The molecule has 260 valence electrons. The van der Waals surface area contributed by atoms with Gasteiger partial charge in [-0.1, -0.05) is 111 Å². The third-order valence-corrected chi connectivity index (χ3v) is 11.6. The van der Waals surface area contributed by atoms with Crippen LogP contribution < -0.4 is 21.1 Å². The van der Waals surface area contributed by atoms with Crippen LogP contribution in [0.5, 0.6) is 17.2 Å². The molecule has 0 amide bonds. The average Bonchev–Trinajstić information content (AvgIpc) is 3.55. The van der Waals surface area contributed by atoms with E-state index in [2.05, 4.69) is 142 Å². The summed E-state index contributed by atoms with van der Waals surface area (Å²) in [4.78, 5) is 10.3. The van der Waals surface area contributed by atoms with Gasteiger partial charge in [-0.05, 0) is 116 Å². The van der Waals surface area contributed by atoms with Crippen LogP contribution in [-0.4, -0.2) is 21.8 Å². The Morgan fingerprint density at radius 2 is 1.31 bits per heavy atom. The Morgan fingerprint density at radius 3 is 2.15 bits per heavy atom. The minimum absolute atomic E-state index is 0.0391. The van der Waals surface area contributed by atoms with Gasteiger partial charge < -0.3 is 9.84 Å². The Balaban J connectivity index is 1.17. The highest BCUT2D eigenvalue weighted by molar-refractivity contribution is 7.00. The van der Waals surface area contributed by atoms with E-state index in [4.69, 9.17) is 14.7 Å². The molecule has 1 N–H and O–H groups in total. The molecule has 0 spiro atoms. The van der Waals surface area contributed by atoms with Crippen LogP contribution in [0.15, 0.2) is 152 Å². The summed E-state index contributed by atoms with van der Waals surface area (Å²) in [6, 6.07) is 50.8. The van der Waals surface area contributed by atoms with Gasteiger partial charge >= 0.3 is 0 Å². The molecule has 2 aliphatic rings. The molecule has 0 bridgehead atoms. The van der Waals surface area contributed by atoms with Gasteiger partial charge in [0.2, 0.25) is 0 Å². The maximum Gasteiger partial charge on any atom is 0.252 e. The molecule has 7 aromatic carbocycles. The lowest BCUT2D eigenvalue weighted by molar-refractivity contribution is 0.482. The molecule has 55 heavy (non-hydrogen) atoms. The van der Waals surface area contributed by atoms with E-state index in [1.165, 1.54) is 5.56 Å². The summed E-state index contributed by atoms with van der Waals surface area (Å²) in [6.45, 7) is 6.69. The van der Waals surface area contributed by atoms with Crippen molar-refractivity contribution in [2.45, 2.75) is 26.2 Å². The molecule has 2 aromatic heterocycles. The van der Waals surface area contributed by atoms with Gasteiger partial charge in [0.05, 0.1) is 22.3 Å². The summed E-state index contributed by atoms with van der Waals surface area (Å²) in [5, 5.41) is 17.3. The smallest absolute Gasteiger partial charge is 0.252 e. The molecule has 0 unspecified atom stereocenters. The van der Waals surface area contributed by atoms with Crippen LogP contribution in [0.2, 0.25) is 0 Å². The third-order valence-electron chi connectivity index (χ3n) is 11.6. The fourth-order valence-electron chi connectivity index (χ4n) is 8.99. The van der Waals surface area contributed by atoms with Crippen molar-refractivity contribution in [2.75, 3.05) is 0 Å². The maximum atomic E-state index is 12.3. The van der Waals surface area contributed by atoms with Crippen molar-refractivity contribution in [1.82, 2.24) is 9.97 Å². The highest BCUT2D eigenvalue weighted by Gasteiger charge is 2.42. The van der Waals surface area contributed by atoms with Crippen LogP contribution in [-0.2, 0) is 5.41 Å². The van der Waals surface area contributed by atoms with Crippen molar-refractivity contribution in [3.8, 4) is 62.0 Å². The topological polar surface area (TPSA) is 55.2 Å². The summed E-state index contributed by atoms with van der Waals surface area (Å²) in [5.74, 6) is 1.96. The number of phenols is 1. The number of pyridine rings is 2. The Hall–Kier alpha value is -6.72. The van der Waals surface area contributed by atoms with Gasteiger partial charge in [0.25, 0.3) is 6.71 Å². The fraction of sp³-hybridized carbons (Fsp3) is 0.0800. The van der Waals surface area contributed by atoms with Crippen molar-refractivity contribution in [3.63, 3.8) is 0 Å². The van der Waals surface area contributed by atoms with Gasteiger partial charge in [0, 0.05) is 28.1 Å². The van der Waals surface area contributed by atoms with E-state index in [9.17, 15) is 5.11 Å². The summed E-state index contributed by atoms with van der Waals surface area (Å²) in [5.41, 5.74) is 13.6. The third kappa shape index (κ3) is 4.79. The predicted octanol–water partition coefficient (Wildman–Crippen LogP) is 10.5. The largest absolute Gasteiger partial charge is 0.507 e. The lowest BCUT2D eigenvalue weighted by Crippen LogP contribution is -2.51. The van der Waals surface area contributed by atoms with Crippen molar-refractivity contribution in [1.29, 1.82) is 0 Å². The molecule has 9 aromatic rings. The summed E-state index contributed by atoms with van der Waals surface area (Å²) >= 11 is 0. The molecule has 0 saturated heterocycles.